The van der Waals surface area contributed by atoms with Crippen LogP contribution in [0.2, 0.25) is 0 Å². The summed E-state index contributed by atoms with van der Waals surface area (Å²) in [6.45, 7) is 2.44. The number of ether oxygens (including phenoxy) is 1. The van der Waals surface area contributed by atoms with Crippen molar-refractivity contribution in [3.05, 3.63) is 59.2 Å². The van der Waals surface area contributed by atoms with E-state index in [0.29, 0.717) is 28.9 Å². The molecule has 1 amide bonds. The van der Waals surface area contributed by atoms with E-state index in [1.807, 2.05) is 30.3 Å². The highest BCUT2D eigenvalue weighted by Gasteiger charge is 2.27. The highest BCUT2D eigenvalue weighted by atomic mass is 32.1. The van der Waals surface area contributed by atoms with E-state index in [4.69, 9.17) is 21.4 Å². The van der Waals surface area contributed by atoms with Crippen LogP contribution in [-0.4, -0.2) is 23.0 Å². The first-order valence-corrected chi connectivity index (χ1v) is 8.09. The van der Waals surface area contributed by atoms with Crippen LogP contribution in [0.5, 0.6) is 5.75 Å². The Labute approximate surface area is 145 Å². The fourth-order valence-electron chi connectivity index (χ4n) is 2.29. The molecule has 0 bridgehead atoms. The molecule has 0 atom stereocenters. The number of nitrogens with zero attached hydrogens (tertiary/aromatic N) is 1. The normalized spacial score (nSPS) is 15.9. The molecule has 2 heterocycles. The molecule has 124 valence electrons. The van der Waals surface area contributed by atoms with Gasteiger partial charge in [0.05, 0.1) is 0 Å². The number of likely N-dealkylation sites (N-methyl/N-ethyl adjacent to an activating group) is 1. The fourth-order valence-corrected chi connectivity index (χ4v) is 2.48. The first kappa shape index (κ1) is 16.3. The zero-order valence-electron chi connectivity index (χ0n) is 13.5. The summed E-state index contributed by atoms with van der Waals surface area (Å²) >= 11 is 5.03. The first-order chi connectivity index (χ1) is 11.6. The van der Waals surface area contributed by atoms with Gasteiger partial charge in [0.2, 0.25) is 0 Å². The van der Waals surface area contributed by atoms with Crippen LogP contribution in [0.25, 0.3) is 6.08 Å². The van der Waals surface area contributed by atoms with Crippen LogP contribution in [0.1, 0.15) is 24.0 Å². The van der Waals surface area contributed by atoms with E-state index in [1.165, 1.54) is 10.5 Å². The third kappa shape index (κ3) is 3.49. The van der Waals surface area contributed by atoms with Gasteiger partial charge in [-0.3, -0.25) is 9.69 Å². The number of amides is 1. The summed E-state index contributed by atoms with van der Waals surface area (Å²) in [5.41, 5.74) is 1.67. The van der Waals surface area contributed by atoms with Crippen molar-refractivity contribution in [3.63, 3.8) is 0 Å². The van der Waals surface area contributed by atoms with Crippen molar-refractivity contribution in [1.82, 2.24) is 10.2 Å². The van der Waals surface area contributed by atoms with Gasteiger partial charge in [0.15, 0.2) is 5.11 Å². The van der Waals surface area contributed by atoms with Gasteiger partial charge in [0.1, 0.15) is 29.6 Å². The van der Waals surface area contributed by atoms with E-state index < -0.39 is 0 Å². The van der Waals surface area contributed by atoms with E-state index in [-0.39, 0.29) is 5.91 Å². The van der Waals surface area contributed by atoms with Gasteiger partial charge in [-0.15, -0.1) is 0 Å². The first-order valence-electron chi connectivity index (χ1n) is 7.68. The average molecular weight is 342 g/mol. The topological polar surface area (TPSA) is 54.7 Å². The molecule has 1 aliphatic heterocycles. The quantitative estimate of drug-likeness (QED) is 0.668. The predicted molar refractivity (Wildman–Crippen MR) is 95.3 cm³/mol. The number of thiocarbonyl (C=S) groups is 1. The summed E-state index contributed by atoms with van der Waals surface area (Å²) < 4.78 is 11.4. The van der Waals surface area contributed by atoms with E-state index in [0.717, 1.165) is 12.2 Å². The Morgan fingerprint density at radius 3 is 2.62 bits per heavy atom. The number of carbonyl (C=O) groups is 1. The lowest BCUT2D eigenvalue weighted by Gasteiger charge is -2.04. The highest BCUT2D eigenvalue weighted by molar-refractivity contribution is 7.80. The molecule has 0 saturated carbocycles. The summed E-state index contributed by atoms with van der Waals surface area (Å²) in [7, 11) is 1.63. The Balaban J connectivity index is 1.63. The van der Waals surface area contributed by atoms with Gasteiger partial charge >= 0.3 is 0 Å². The molecule has 0 unspecified atom stereocenters. The largest absolute Gasteiger partial charge is 0.486 e. The number of hydrogen-bond donors (Lipinski definition) is 1. The monoisotopic (exact) mass is 342 g/mol. The molecule has 5 nitrogen and oxygen atoms in total. The maximum atomic E-state index is 11.9. The van der Waals surface area contributed by atoms with Crippen LogP contribution in [0.4, 0.5) is 0 Å². The van der Waals surface area contributed by atoms with Crippen molar-refractivity contribution in [2.24, 2.45) is 0 Å². The molecule has 0 spiro atoms. The van der Waals surface area contributed by atoms with Gasteiger partial charge < -0.3 is 14.5 Å². The summed E-state index contributed by atoms with van der Waals surface area (Å²) in [6.07, 6.45) is 2.64. The lowest BCUT2D eigenvalue weighted by Crippen LogP contribution is -2.25. The third-order valence-corrected chi connectivity index (χ3v) is 4.14. The smallest absolute Gasteiger partial charge is 0.276 e. The van der Waals surface area contributed by atoms with Crippen molar-refractivity contribution in [1.29, 1.82) is 0 Å². The standard InChI is InChI=1S/C18H18N2O3S/c1-3-12-4-6-13(7-5-12)22-11-15-9-8-14(23-15)10-16-17(21)20(2)18(24)19-16/h4-10H,3,11H2,1-2H3,(H,19,24)/b16-10+. The number of rotatable bonds is 5. The Morgan fingerprint density at radius 2 is 2.00 bits per heavy atom. The molecule has 24 heavy (non-hydrogen) atoms. The van der Waals surface area contributed by atoms with Crippen LogP contribution < -0.4 is 10.1 Å². The van der Waals surface area contributed by atoms with E-state index >= 15 is 0 Å². The molecule has 0 aliphatic carbocycles. The van der Waals surface area contributed by atoms with E-state index in [1.54, 1.807) is 19.2 Å². The van der Waals surface area contributed by atoms with Crippen molar-refractivity contribution >= 4 is 29.3 Å². The van der Waals surface area contributed by atoms with Crippen LogP contribution in [0.3, 0.4) is 0 Å². The second-order valence-electron chi connectivity index (χ2n) is 5.44. The molecule has 2 aromatic rings. The highest BCUT2D eigenvalue weighted by Crippen LogP contribution is 2.18. The van der Waals surface area contributed by atoms with Gasteiger partial charge in [0, 0.05) is 13.1 Å². The average Bonchev–Trinajstić information content (AvgIpc) is 3.14. The Hall–Kier alpha value is -2.60. The van der Waals surface area contributed by atoms with Crippen LogP contribution in [0.15, 0.2) is 46.5 Å². The molecule has 3 rings (SSSR count). The van der Waals surface area contributed by atoms with Gasteiger partial charge in [-0.25, -0.2) is 0 Å². The number of benzene rings is 1. The number of aryl methyl sites for hydroxylation is 1. The minimum absolute atomic E-state index is 0.176. The van der Waals surface area contributed by atoms with E-state index in [2.05, 4.69) is 12.2 Å². The second-order valence-corrected chi connectivity index (χ2v) is 5.83. The zero-order valence-corrected chi connectivity index (χ0v) is 14.4. The molecule has 1 aromatic carbocycles. The van der Waals surface area contributed by atoms with Crippen molar-refractivity contribution in [2.45, 2.75) is 20.0 Å². The lowest BCUT2D eigenvalue weighted by molar-refractivity contribution is -0.121. The predicted octanol–water partition coefficient (Wildman–Crippen LogP) is 3.11. The van der Waals surface area contributed by atoms with Crippen molar-refractivity contribution < 1.29 is 13.9 Å². The molecular weight excluding hydrogens is 324 g/mol. The van der Waals surface area contributed by atoms with Crippen LogP contribution in [0, 0.1) is 0 Å². The molecule has 1 aliphatic rings. The molecule has 0 radical (unpaired) electrons. The number of furan rings is 1. The number of nitrogens with one attached hydrogen (secondary N) is 1. The van der Waals surface area contributed by atoms with E-state index in [9.17, 15) is 4.79 Å². The van der Waals surface area contributed by atoms with Crippen molar-refractivity contribution in [2.75, 3.05) is 7.05 Å². The van der Waals surface area contributed by atoms with Gasteiger partial charge in [-0.2, -0.15) is 0 Å². The molecule has 1 N–H and O–H groups in total. The Morgan fingerprint density at radius 1 is 1.25 bits per heavy atom. The fraction of sp³-hybridized carbons (Fsp3) is 0.222. The summed E-state index contributed by atoms with van der Waals surface area (Å²) in [4.78, 5) is 13.3. The third-order valence-electron chi connectivity index (χ3n) is 3.76. The Kier molecular flexibility index (Phi) is 4.66. The lowest BCUT2D eigenvalue weighted by atomic mass is 10.2. The van der Waals surface area contributed by atoms with Gasteiger partial charge in [-0.1, -0.05) is 19.1 Å². The summed E-state index contributed by atoms with van der Waals surface area (Å²) in [5.74, 6) is 1.88. The molecule has 6 heteroatoms. The van der Waals surface area contributed by atoms with Crippen molar-refractivity contribution in [3.8, 4) is 5.75 Å². The molecule has 1 aromatic heterocycles. The SMILES string of the molecule is CCc1ccc(OCc2ccc(/C=C3/NC(=S)N(C)C3=O)o2)cc1. The summed E-state index contributed by atoms with van der Waals surface area (Å²) in [6, 6.07) is 11.6. The van der Waals surface area contributed by atoms with Gasteiger partial charge in [0.25, 0.3) is 5.91 Å². The maximum absolute atomic E-state index is 11.9. The number of hydrogen-bond acceptors (Lipinski definition) is 4. The minimum Gasteiger partial charge on any atom is -0.486 e. The van der Waals surface area contributed by atoms with Crippen LogP contribution >= 0.6 is 12.2 Å². The zero-order chi connectivity index (χ0) is 17.1. The molecule has 1 fully saturated rings. The van der Waals surface area contributed by atoms with Crippen LogP contribution in [-0.2, 0) is 17.8 Å². The molecule has 1 saturated heterocycles. The van der Waals surface area contributed by atoms with Gasteiger partial charge in [-0.05, 0) is 48.5 Å². The summed E-state index contributed by atoms with van der Waals surface area (Å²) in [5, 5.41) is 3.24. The number of carbonyl (C=O) groups excluding carboxylic acids is 1. The maximum Gasteiger partial charge on any atom is 0.276 e. The minimum atomic E-state index is -0.176. The second kappa shape index (κ2) is 6.88. The molecular formula is C18H18N2O3S. The Bertz CT molecular complexity index is 793.